The van der Waals surface area contributed by atoms with Gasteiger partial charge in [0.05, 0.1) is 0 Å². The second kappa shape index (κ2) is 6.76. The molecule has 0 aromatic carbocycles. The molecule has 21 heavy (non-hydrogen) atoms. The second-order valence-electron chi connectivity index (χ2n) is 5.71. The van der Waals surface area contributed by atoms with E-state index in [-0.39, 0.29) is 0 Å². The molecule has 1 unspecified atom stereocenters. The summed E-state index contributed by atoms with van der Waals surface area (Å²) in [4.78, 5) is 13.3. The van der Waals surface area contributed by atoms with Crippen molar-refractivity contribution in [3.63, 3.8) is 0 Å². The molecule has 0 radical (unpaired) electrons. The molecule has 1 atom stereocenters. The van der Waals surface area contributed by atoms with Gasteiger partial charge in [-0.15, -0.1) is 0 Å². The lowest BCUT2D eigenvalue weighted by Gasteiger charge is -2.24. The molecule has 0 saturated carbocycles. The maximum atomic E-state index is 4.76. The van der Waals surface area contributed by atoms with Crippen LogP contribution in [0.4, 0.5) is 0 Å². The van der Waals surface area contributed by atoms with E-state index < -0.39 is 0 Å². The zero-order valence-corrected chi connectivity index (χ0v) is 12.5. The van der Waals surface area contributed by atoms with Crippen LogP contribution < -0.4 is 5.32 Å². The second-order valence-corrected chi connectivity index (χ2v) is 5.71. The van der Waals surface area contributed by atoms with Gasteiger partial charge in [-0.25, -0.2) is 9.97 Å². The van der Waals surface area contributed by atoms with E-state index in [4.69, 9.17) is 4.98 Å². The Morgan fingerprint density at radius 2 is 2.14 bits per heavy atom. The molecule has 0 saturated heterocycles. The number of aromatic nitrogens is 3. The Kier molecular flexibility index (Phi) is 4.55. The summed E-state index contributed by atoms with van der Waals surface area (Å²) in [6, 6.07) is 3.92. The van der Waals surface area contributed by atoms with Crippen LogP contribution in [0, 0.1) is 5.92 Å². The quantitative estimate of drug-likeness (QED) is 0.857. The fourth-order valence-corrected chi connectivity index (χ4v) is 2.88. The number of nitrogens with one attached hydrogen (secondary N) is 1. The van der Waals surface area contributed by atoms with Crippen molar-refractivity contribution in [1.82, 2.24) is 20.3 Å². The Balaban J connectivity index is 1.71. The molecule has 2 aromatic heterocycles. The third kappa shape index (κ3) is 3.45. The standard InChI is InChI=1S/C17H22N4/c1-2-7-19-11-13-3-4-16-15(10-13)12-20-17(21-16)14-5-8-18-9-6-14/h5-6,8-9,12-13,19H,2-4,7,10-11H2,1H3. The summed E-state index contributed by atoms with van der Waals surface area (Å²) in [6.07, 6.45) is 10.2. The average molecular weight is 282 g/mol. The van der Waals surface area contributed by atoms with Crippen molar-refractivity contribution in [2.45, 2.75) is 32.6 Å². The van der Waals surface area contributed by atoms with Crippen LogP contribution in [-0.4, -0.2) is 28.0 Å². The van der Waals surface area contributed by atoms with E-state index in [1.165, 1.54) is 24.1 Å². The first kappa shape index (κ1) is 14.1. The summed E-state index contributed by atoms with van der Waals surface area (Å²) in [5.41, 5.74) is 3.59. The molecule has 0 aliphatic heterocycles. The van der Waals surface area contributed by atoms with Crippen LogP contribution in [0.5, 0.6) is 0 Å². The lowest BCUT2D eigenvalue weighted by molar-refractivity contribution is 0.420. The summed E-state index contributed by atoms with van der Waals surface area (Å²) < 4.78 is 0. The highest BCUT2D eigenvalue weighted by Crippen LogP contribution is 2.25. The van der Waals surface area contributed by atoms with Crippen molar-refractivity contribution in [1.29, 1.82) is 0 Å². The smallest absolute Gasteiger partial charge is 0.159 e. The topological polar surface area (TPSA) is 50.7 Å². The zero-order chi connectivity index (χ0) is 14.5. The van der Waals surface area contributed by atoms with E-state index in [0.717, 1.165) is 43.2 Å². The van der Waals surface area contributed by atoms with E-state index in [1.807, 2.05) is 18.3 Å². The molecule has 0 bridgehead atoms. The van der Waals surface area contributed by atoms with Crippen molar-refractivity contribution in [3.8, 4) is 11.4 Å². The van der Waals surface area contributed by atoms with Crippen molar-refractivity contribution >= 4 is 0 Å². The Labute approximate surface area is 126 Å². The number of aryl methyl sites for hydroxylation is 1. The Bertz CT molecular complexity index is 583. The molecular formula is C17H22N4. The van der Waals surface area contributed by atoms with Gasteiger partial charge in [0.2, 0.25) is 0 Å². The summed E-state index contributed by atoms with van der Waals surface area (Å²) in [5, 5.41) is 3.53. The number of hydrogen-bond donors (Lipinski definition) is 1. The molecule has 2 heterocycles. The van der Waals surface area contributed by atoms with Crippen molar-refractivity contribution in [2.24, 2.45) is 5.92 Å². The minimum absolute atomic E-state index is 0.722. The van der Waals surface area contributed by atoms with E-state index in [2.05, 4.69) is 22.2 Å². The van der Waals surface area contributed by atoms with Crippen LogP contribution in [0.15, 0.2) is 30.7 Å². The highest BCUT2D eigenvalue weighted by atomic mass is 14.9. The molecule has 110 valence electrons. The monoisotopic (exact) mass is 282 g/mol. The van der Waals surface area contributed by atoms with Crippen LogP contribution in [0.2, 0.25) is 0 Å². The van der Waals surface area contributed by atoms with Crippen LogP contribution in [-0.2, 0) is 12.8 Å². The maximum Gasteiger partial charge on any atom is 0.159 e. The minimum Gasteiger partial charge on any atom is -0.316 e. The first-order chi connectivity index (χ1) is 10.4. The number of pyridine rings is 1. The Morgan fingerprint density at radius 3 is 2.95 bits per heavy atom. The number of nitrogens with zero attached hydrogens (tertiary/aromatic N) is 3. The van der Waals surface area contributed by atoms with E-state index >= 15 is 0 Å². The van der Waals surface area contributed by atoms with E-state index in [1.54, 1.807) is 12.4 Å². The molecule has 2 aromatic rings. The predicted octanol–water partition coefficient (Wildman–Crippen LogP) is 2.64. The van der Waals surface area contributed by atoms with Crippen molar-refractivity contribution in [3.05, 3.63) is 42.0 Å². The van der Waals surface area contributed by atoms with Crippen LogP contribution in [0.25, 0.3) is 11.4 Å². The van der Waals surface area contributed by atoms with Gasteiger partial charge in [0.25, 0.3) is 0 Å². The number of rotatable bonds is 5. The van der Waals surface area contributed by atoms with Gasteiger partial charge in [-0.3, -0.25) is 4.98 Å². The van der Waals surface area contributed by atoms with Gasteiger partial charge in [0.15, 0.2) is 5.82 Å². The Hall–Kier alpha value is -1.81. The fraction of sp³-hybridized carbons (Fsp3) is 0.471. The zero-order valence-electron chi connectivity index (χ0n) is 12.5. The molecule has 0 fully saturated rings. The van der Waals surface area contributed by atoms with E-state index in [9.17, 15) is 0 Å². The van der Waals surface area contributed by atoms with Gasteiger partial charge in [0, 0.05) is 29.8 Å². The predicted molar refractivity (Wildman–Crippen MR) is 83.9 cm³/mol. The van der Waals surface area contributed by atoms with Gasteiger partial charge in [0.1, 0.15) is 0 Å². The van der Waals surface area contributed by atoms with Crippen LogP contribution >= 0.6 is 0 Å². The fourth-order valence-electron chi connectivity index (χ4n) is 2.88. The SMILES string of the molecule is CCCNCC1CCc2nc(-c3ccncc3)ncc2C1. The minimum atomic E-state index is 0.722. The van der Waals surface area contributed by atoms with Crippen molar-refractivity contribution in [2.75, 3.05) is 13.1 Å². The molecule has 1 aliphatic rings. The largest absolute Gasteiger partial charge is 0.316 e. The van der Waals surface area contributed by atoms with Gasteiger partial charge < -0.3 is 5.32 Å². The van der Waals surface area contributed by atoms with Gasteiger partial charge >= 0.3 is 0 Å². The normalized spacial score (nSPS) is 17.5. The first-order valence-electron chi connectivity index (χ1n) is 7.82. The molecule has 1 aliphatic carbocycles. The third-order valence-electron chi connectivity index (χ3n) is 4.05. The molecule has 1 N–H and O–H groups in total. The first-order valence-corrected chi connectivity index (χ1v) is 7.82. The molecule has 4 heteroatoms. The molecular weight excluding hydrogens is 260 g/mol. The number of fused-ring (bicyclic) bond motifs is 1. The lowest BCUT2D eigenvalue weighted by Crippen LogP contribution is -2.28. The average Bonchev–Trinajstić information content (AvgIpc) is 2.55. The lowest BCUT2D eigenvalue weighted by atomic mass is 9.87. The van der Waals surface area contributed by atoms with Crippen LogP contribution in [0.3, 0.4) is 0 Å². The number of hydrogen-bond acceptors (Lipinski definition) is 4. The summed E-state index contributed by atoms with van der Waals surface area (Å²) in [7, 11) is 0. The molecule has 0 spiro atoms. The van der Waals surface area contributed by atoms with E-state index in [0.29, 0.717) is 0 Å². The van der Waals surface area contributed by atoms with Gasteiger partial charge in [-0.05, 0) is 62.4 Å². The highest BCUT2D eigenvalue weighted by molar-refractivity contribution is 5.54. The van der Waals surface area contributed by atoms with Crippen LogP contribution in [0.1, 0.15) is 31.0 Å². The highest BCUT2D eigenvalue weighted by Gasteiger charge is 2.20. The summed E-state index contributed by atoms with van der Waals surface area (Å²) >= 11 is 0. The molecule has 3 rings (SSSR count). The maximum absolute atomic E-state index is 4.76. The van der Waals surface area contributed by atoms with Gasteiger partial charge in [-0.2, -0.15) is 0 Å². The summed E-state index contributed by atoms with van der Waals surface area (Å²) in [6.45, 7) is 4.43. The molecule has 0 amide bonds. The third-order valence-corrected chi connectivity index (χ3v) is 4.05. The van der Waals surface area contributed by atoms with Crippen molar-refractivity contribution < 1.29 is 0 Å². The van der Waals surface area contributed by atoms with Gasteiger partial charge in [-0.1, -0.05) is 6.92 Å². The Morgan fingerprint density at radius 1 is 1.29 bits per heavy atom. The summed E-state index contributed by atoms with van der Waals surface area (Å²) in [5.74, 6) is 1.54. The molecule has 4 nitrogen and oxygen atoms in total.